The summed E-state index contributed by atoms with van der Waals surface area (Å²) >= 11 is 0. The largest absolute Gasteiger partial charge is 0.508 e. The first-order valence-electron chi connectivity index (χ1n) is 4.15. The Balaban J connectivity index is 3.58. The number of rotatable bonds is 2. The monoisotopic (exact) mass is 174 g/mol. The molecule has 0 aromatic heterocycles. The summed E-state index contributed by atoms with van der Waals surface area (Å²) in [5, 5.41) is 0. The van der Waals surface area contributed by atoms with E-state index in [0.717, 1.165) is 0 Å². The molecule has 0 aliphatic heterocycles. The Labute approximate surface area is 74.0 Å². The SMILES string of the molecule is CC(C)OC(=O)OCC(C)(C)C. The number of hydrogen-bond acceptors (Lipinski definition) is 3. The van der Waals surface area contributed by atoms with Crippen molar-refractivity contribution in [1.29, 1.82) is 0 Å². The van der Waals surface area contributed by atoms with Gasteiger partial charge >= 0.3 is 6.16 Å². The molecule has 0 aliphatic rings. The van der Waals surface area contributed by atoms with Crippen LogP contribution in [-0.2, 0) is 9.47 Å². The van der Waals surface area contributed by atoms with Crippen molar-refractivity contribution < 1.29 is 14.3 Å². The molecule has 0 unspecified atom stereocenters. The van der Waals surface area contributed by atoms with E-state index in [4.69, 9.17) is 9.47 Å². The van der Waals surface area contributed by atoms with Crippen LogP contribution in [-0.4, -0.2) is 18.9 Å². The second kappa shape index (κ2) is 4.33. The summed E-state index contributed by atoms with van der Waals surface area (Å²) < 4.78 is 9.64. The minimum absolute atomic E-state index is 0.00397. The van der Waals surface area contributed by atoms with Gasteiger partial charge in [-0.2, -0.15) is 0 Å². The predicted octanol–water partition coefficient (Wildman–Crippen LogP) is 2.59. The third-order valence-electron chi connectivity index (χ3n) is 0.955. The van der Waals surface area contributed by atoms with Crippen molar-refractivity contribution in [3.8, 4) is 0 Å². The summed E-state index contributed by atoms with van der Waals surface area (Å²) in [6, 6.07) is 0. The maximum absolute atomic E-state index is 10.9. The maximum atomic E-state index is 10.9. The van der Waals surface area contributed by atoms with Gasteiger partial charge in [0.2, 0.25) is 0 Å². The average molecular weight is 174 g/mol. The standard InChI is InChI=1S/C9H18O3/c1-7(2)12-8(10)11-6-9(3,4)5/h7H,6H2,1-5H3. The fourth-order valence-corrected chi connectivity index (χ4v) is 0.502. The lowest BCUT2D eigenvalue weighted by Gasteiger charge is -2.18. The topological polar surface area (TPSA) is 35.5 Å². The van der Waals surface area contributed by atoms with Gasteiger partial charge in [0.25, 0.3) is 0 Å². The van der Waals surface area contributed by atoms with Crippen LogP contribution < -0.4 is 0 Å². The van der Waals surface area contributed by atoms with Crippen LogP contribution in [0.1, 0.15) is 34.6 Å². The number of ether oxygens (including phenoxy) is 2. The summed E-state index contributed by atoms with van der Waals surface area (Å²) in [6.07, 6.45) is -0.697. The zero-order valence-electron chi connectivity index (χ0n) is 8.51. The van der Waals surface area contributed by atoms with E-state index in [9.17, 15) is 4.79 Å². The van der Waals surface area contributed by atoms with E-state index >= 15 is 0 Å². The number of carbonyl (C=O) groups is 1. The van der Waals surface area contributed by atoms with Gasteiger partial charge < -0.3 is 9.47 Å². The van der Waals surface area contributed by atoms with Crippen molar-refractivity contribution in [3.05, 3.63) is 0 Å². The molecule has 0 atom stereocenters. The van der Waals surface area contributed by atoms with Crippen LogP contribution in [0.25, 0.3) is 0 Å². The lowest BCUT2D eigenvalue weighted by molar-refractivity contribution is 0.0163. The van der Waals surface area contributed by atoms with E-state index in [2.05, 4.69) is 0 Å². The molecule has 0 aromatic rings. The average Bonchev–Trinajstić information content (AvgIpc) is 1.80. The molecule has 0 N–H and O–H groups in total. The van der Waals surface area contributed by atoms with Crippen LogP contribution in [0.15, 0.2) is 0 Å². The van der Waals surface area contributed by atoms with Crippen LogP contribution in [0.2, 0.25) is 0 Å². The minimum Gasteiger partial charge on any atom is -0.434 e. The van der Waals surface area contributed by atoms with E-state index < -0.39 is 6.16 Å². The van der Waals surface area contributed by atoms with Crippen molar-refractivity contribution in [2.45, 2.75) is 40.7 Å². The Hall–Kier alpha value is -0.730. The molecule has 0 aliphatic carbocycles. The summed E-state index contributed by atoms with van der Waals surface area (Å²) in [6.45, 7) is 9.95. The van der Waals surface area contributed by atoms with Gasteiger partial charge in [0.1, 0.15) is 0 Å². The van der Waals surface area contributed by atoms with Gasteiger partial charge in [0, 0.05) is 0 Å². The van der Waals surface area contributed by atoms with Gasteiger partial charge in [0.05, 0.1) is 12.7 Å². The van der Waals surface area contributed by atoms with E-state index in [1.807, 2.05) is 20.8 Å². The maximum Gasteiger partial charge on any atom is 0.508 e. The first-order valence-corrected chi connectivity index (χ1v) is 4.15. The second-order valence-electron chi connectivity index (χ2n) is 4.27. The molecule has 0 fully saturated rings. The third kappa shape index (κ3) is 7.38. The minimum atomic E-state index is -0.583. The van der Waals surface area contributed by atoms with Gasteiger partial charge in [-0.05, 0) is 19.3 Å². The zero-order chi connectivity index (χ0) is 9.78. The molecule has 0 saturated carbocycles. The van der Waals surface area contributed by atoms with Gasteiger partial charge in [-0.15, -0.1) is 0 Å². The Bertz CT molecular complexity index is 144. The molecule has 3 nitrogen and oxygen atoms in total. The van der Waals surface area contributed by atoms with Crippen molar-refractivity contribution in [2.75, 3.05) is 6.61 Å². The predicted molar refractivity (Wildman–Crippen MR) is 47.0 cm³/mol. The molecule has 0 heterocycles. The van der Waals surface area contributed by atoms with Gasteiger partial charge in [-0.25, -0.2) is 4.79 Å². The first kappa shape index (κ1) is 11.3. The Morgan fingerprint density at radius 1 is 1.33 bits per heavy atom. The van der Waals surface area contributed by atoms with Crippen molar-refractivity contribution >= 4 is 6.16 Å². The normalized spacial score (nSPS) is 11.5. The molecule has 3 heteroatoms. The van der Waals surface area contributed by atoms with Crippen molar-refractivity contribution in [2.24, 2.45) is 5.41 Å². The molecule has 0 amide bonds. The Morgan fingerprint density at radius 3 is 2.17 bits per heavy atom. The van der Waals surface area contributed by atoms with Crippen molar-refractivity contribution in [3.63, 3.8) is 0 Å². The van der Waals surface area contributed by atoms with Crippen molar-refractivity contribution in [1.82, 2.24) is 0 Å². The molecular formula is C9H18O3. The molecule has 0 rings (SSSR count). The zero-order valence-corrected chi connectivity index (χ0v) is 8.51. The quantitative estimate of drug-likeness (QED) is 0.603. The molecule has 72 valence electrons. The highest BCUT2D eigenvalue weighted by Gasteiger charge is 2.14. The van der Waals surface area contributed by atoms with Crippen LogP contribution in [0.5, 0.6) is 0 Å². The third-order valence-corrected chi connectivity index (χ3v) is 0.955. The fraction of sp³-hybridized carbons (Fsp3) is 0.889. The smallest absolute Gasteiger partial charge is 0.434 e. The van der Waals surface area contributed by atoms with Crippen LogP contribution in [0.4, 0.5) is 4.79 Å². The molecule has 0 radical (unpaired) electrons. The van der Waals surface area contributed by atoms with Crippen LogP contribution >= 0.6 is 0 Å². The Morgan fingerprint density at radius 2 is 1.83 bits per heavy atom. The highest BCUT2D eigenvalue weighted by Crippen LogP contribution is 2.13. The highest BCUT2D eigenvalue weighted by atomic mass is 16.7. The summed E-state index contributed by atoms with van der Waals surface area (Å²) in [7, 11) is 0. The number of carbonyl (C=O) groups excluding carboxylic acids is 1. The molecule has 0 spiro atoms. The lowest BCUT2D eigenvalue weighted by Crippen LogP contribution is -2.20. The molecule has 12 heavy (non-hydrogen) atoms. The molecule has 0 bridgehead atoms. The van der Waals surface area contributed by atoms with Crippen LogP contribution in [0.3, 0.4) is 0 Å². The Kier molecular flexibility index (Phi) is 4.07. The fourth-order valence-electron chi connectivity index (χ4n) is 0.502. The lowest BCUT2D eigenvalue weighted by atomic mass is 9.99. The highest BCUT2D eigenvalue weighted by molar-refractivity contribution is 5.60. The summed E-state index contributed by atoms with van der Waals surface area (Å²) in [4.78, 5) is 10.9. The van der Waals surface area contributed by atoms with Gasteiger partial charge in [-0.1, -0.05) is 20.8 Å². The molecule has 0 aromatic carbocycles. The van der Waals surface area contributed by atoms with Gasteiger partial charge in [0.15, 0.2) is 0 Å². The second-order valence-corrected chi connectivity index (χ2v) is 4.27. The van der Waals surface area contributed by atoms with Crippen LogP contribution in [0, 0.1) is 5.41 Å². The van der Waals surface area contributed by atoms with E-state index in [1.165, 1.54) is 0 Å². The van der Waals surface area contributed by atoms with E-state index in [-0.39, 0.29) is 11.5 Å². The van der Waals surface area contributed by atoms with Gasteiger partial charge in [-0.3, -0.25) is 0 Å². The molecular weight excluding hydrogens is 156 g/mol. The summed E-state index contributed by atoms with van der Waals surface area (Å²) in [5.41, 5.74) is -0.00397. The summed E-state index contributed by atoms with van der Waals surface area (Å²) in [5.74, 6) is 0. The number of hydrogen-bond donors (Lipinski definition) is 0. The first-order chi connectivity index (χ1) is 5.31. The molecule has 0 saturated heterocycles. The van der Waals surface area contributed by atoms with E-state index in [0.29, 0.717) is 6.61 Å². The van der Waals surface area contributed by atoms with E-state index in [1.54, 1.807) is 13.8 Å².